The molecule has 0 aliphatic carbocycles. The quantitative estimate of drug-likeness (QED) is 0.786. The van der Waals surface area contributed by atoms with Gasteiger partial charge in [0.25, 0.3) is 5.91 Å². The van der Waals surface area contributed by atoms with E-state index in [1.807, 2.05) is 6.07 Å². The highest BCUT2D eigenvalue weighted by Gasteiger charge is 2.27. The lowest BCUT2D eigenvalue weighted by Gasteiger charge is -2.13. The molecule has 15 heavy (non-hydrogen) atoms. The Balaban J connectivity index is 1.97. The fourth-order valence-corrected chi connectivity index (χ4v) is 2.69. The zero-order chi connectivity index (χ0) is 10.8. The number of aliphatic hydroxyl groups is 1. The highest BCUT2D eigenvalue weighted by atomic mass is 127. The lowest BCUT2D eigenvalue weighted by Crippen LogP contribution is -2.42. The molecule has 0 unspecified atom stereocenters. The number of aliphatic hydroxyl groups excluding tert-OH is 1. The van der Waals surface area contributed by atoms with Gasteiger partial charge >= 0.3 is 0 Å². The number of hydrogen-bond acceptors (Lipinski definition) is 4. The Kier molecular flexibility index (Phi) is 3.60. The van der Waals surface area contributed by atoms with E-state index in [0.717, 1.165) is 2.88 Å². The number of ether oxygens (including phenoxy) is 1. The summed E-state index contributed by atoms with van der Waals surface area (Å²) in [4.78, 5) is 11.7. The first-order valence-electron chi connectivity index (χ1n) is 4.47. The highest BCUT2D eigenvalue weighted by molar-refractivity contribution is 14.1. The summed E-state index contributed by atoms with van der Waals surface area (Å²) in [6.07, 6.45) is -0.591. The van der Waals surface area contributed by atoms with Gasteiger partial charge in [-0.15, -0.1) is 11.3 Å². The minimum atomic E-state index is -0.591. The molecule has 1 aliphatic heterocycles. The van der Waals surface area contributed by atoms with E-state index < -0.39 is 6.10 Å². The third kappa shape index (κ3) is 2.68. The van der Waals surface area contributed by atoms with Gasteiger partial charge < -0.3 is 15.2 Å². The third-order valence-corrected chi connectivity index (χ3v) is 3.99. The molecule has 1 aromatic rings. The second-order valence-electron chi connectivity index (χ2n) is 3.32. The van der Waals surface area contributed by atoms with E-state index in [2.05, 4.69) is 27.9 Å². The van der Waals surface area contributed by atoms with Crippen molar-refractivity contribution in [3.8, 4) is 0 Å². The molecule has 2 atom stereocenters. The molecule has 82 valence electrons. The number of rotatable bonds is 2. The molecule has 1 aromatic heterocycles. The first-order chi connectivity index (χ1) is 7.16. The number of halogens is 1. The van der Waals surface area contributed by atoms with Gasteiger partial charge in [0.05, 0.1) is 33.8 Å². The maximum Gasteiger partial charge on any atom is 0.252 e. The summed E-state index contributed by atoms with van der Waals surface area (Å²) in [6, 6.07) is 1.54. The van der Waals surface area contributed by atoms with E-state index in [1.54, 1.807) is 5.38 Å². The molecule has 1 aliphatic rings. The van der Waals surface area contributed by atoms with Crippen molar-refractivity contribution in [1.82, 2.24) is 5.32 Å². The van der Waals surface area contributed by atoms with Gasteiger partial charge in [-0.2, -0.15) is 0 Å². The number of carbonyl (C=O) groups excluding carboxylic acids is 1. The fraction of sp³-hybridized carbons (Fsp3) is 0.444. The number of carbonyl (C=O) groups is 1. The van der Waals surface area contributed by atoms with E-state index in [9.17, 15) is 9.90 Å². The minimum absolute atomic E-state index is 0.149. The van der Waals surface area contributed by atoms with E-state index in [4.69, 9.17) is 4.74 Å². The molecule has 2 heterocycles. The van der Waals surface area contributed by atoms with Gasteiger partial charge in [0, 0.05) is 5.38 Å². The molecule has 4 nitrogen and oxygen atoms in total. The second kappa shape index (κ2) is 4.77. The summed E-state index contributed by atoms with van der Waals surface area (Å²) in [5.74, 6) is -0.149. The van der Waals surface area contributed by atoms with Crippen LogP contribution in [-0.2, 0) is 4.74 Å². The molecule has 0 aromatic carbocycles. The van der Waals surface area contributed by atoms with Crippen LogP contribution in [0.25, 0.3) is 0 Å². The van der Waals surface area contributed by atoms with Crippen LogP contribution in [0.3, 0.4) is 0 Å². The van der Waals surface area contributed by atoms with Gasteiger partial charge in [0.2, 0.25) is 0 Å². The third-order valence-electron chi connectivity index (χ3n) is 2.20. The molecule has 0 spiro atoms. The Morgan fingerprint density at radius 1 is 1.67 bits per heavy atom. The predicted molar refractivity (Wildman–Crippen MR) is 65.1 cm³/mol. The van der Waals surface area contributed by atoms with Gasteiger partial charge in [-0.25, -0.2) is 0 Å². The fourth-order valence-electron chi connectivity index (χ4n) is 1.36. The first-order valence-corrected chi connectivity index (χ1v) is 6.43. The van der Waals surface area contributed by atoms with E-state index in [1.165, 1.54) is 11.3 Å². The Bertz CT molecular complexity index is 368. The summed E-state index contributed by atoms with van der Waals surface area (Å²) in [5, 5.41) is 14.0. The highest BCUT2D eigenvalue weighted by Crippen LogP contribution is 2.17. The Morgan fingerprint density at radius 3 is 3.00 bits per heavy atom. The topological polar surface area (TPSA) is 58.6 Å². The number of thiophene rings is 1. The Labute approximate surface area is 105 Å². The van der Waals surface area contributed by atoms with Crippen molar-refractivity contribution in [2.75, 3.05) is 13.2 Å². The smallest absolute Gasteiger partial charge is 0.252 e. The zero-order valence-corrected chi connectivity index (χ0v) is 10.7. The van der Waals surface area contributed by atoms with Crippen molar-refractivity contribution in [1.29, 1.82) is 0 Å². The van der Waals surface area contributed by atoms with Crippen LogP contribution in [-0.4, -0.2) is 36.4 Å². The number of amides is 1. The SMILES string of the molecule is O=C(N[C@@H]1COC[C@H]1O)c1csc(I)c1. The summed E-state index contributed by atoms with van der Waals surface area (Å²) < 4.78 is 6.12. The minimum Gasteiger partial charge on any atom is -0.388 e. The lowest BCUT2D eigenvalue weighted by molar-refractivity contribution is 0.0887. The maximum absolute atomic E-state index is 11.7. The molecule has 1 saturated heterocycles. The zero-order valence-electron chi connectivity index (χ0n) is 7.77. The van der Waals surface area contributed by atoms with Crippen molar-refractivity contribution >= 4 is 39.8 Å². The van der Waals surface area contributed by atoms with Gasteiger partial charge in [-0.05, 0) is 28.7 Å². The average Bonchev–Trinajstić information content (AvgIpc) is 2.77. The largest absolute Gasteiger partial charge is 0.388 e. The van der Waals surface area contributed by atoms with Crippen molar-refractivity contribution in [3.63, 3.8) is 0 Å². The molecule has 2 N–H and O–H groups in total. The van der Waals surface area contributed by atoms with Crippen molar-refractivity contribution in [2.24, 2.45) is 0 Å². The van der Waals surface area contributed by atoms with Crippen molar-refractivity contribution < 1.29 is 14.6 Å². The normalized spacial score (nSPS) is 25.5. The Hall–Kier alpha value is -0.180. The van der Waals surface area contributed by atoms with Crippen LogP contribution in [0, 0.1) is 2.88 Å². The predicted octanol–water partition coefficient (Wildman–Crippen LogP) is 0.842. The van der Waals surface area contributed by atoms with Crippen LogP contribution in [0.1, 0.15) is 10.4 Å². The molecule has 2 rings (SSSR count). The molecule has 0 radical (unpaired) electrons. The number of hydrogen-bond donors (Lipinski definition) is 2. The van der Waals surface area contributed by atoms with Gasteiger partial charge in [-0.1, -0.05) is 0 Å². The molecule has 0 bridgehead atoms. The van der Waals surface area contributed by atoms with Crippen LogP contribution in [0.2, 0.25) is 0 Å². The van der Waals surface area contributed by atoms with Crippen LogP contribution >= 0.6 is 33.9 Å². The summed E-state index contributed by atoms with van der Waals surface area (Å²) in [7, 11) is 0. The number of nitrogens with one attached hydrogen (secondary N) is 1. The van der Waals surface area contributed by atoms with E-state index >= 15 is 0 Å². The van der Waals surface area contributed by atoms with Gasteiger partial charge in [0.1, 0.15) is 0 Å². The lowest BCUT2D eigenvalue weighted by atomic mass is 10.2. The summed E-state index contributed by atoms with van der Waals surface area (Å²) in [6.45, 7) is 0.681. The molecule has 1 amide bonds. The average molecular weight is 339 g/mol. The maximum atomic E-state index is 11.7. The van der Waals surface area contributed by atoms with Crippen molar-refractivity contribution in [3.05, 3.63) is 19.9 Å². The van der Waals surface area contributed by atoms with Crippen LogP contribution in [0.4, 0.5) is 0 Å². The van der Waals surface area contributed by atoms with E-state index in [-0.39, 0.29) is 11.9 Å². The molecule has 1 fully saturated rings. The van der Waals surface area contributed by atoms with Gasteiger partial charge in [-0.3, -0.25) is 4.79 Å². The van der Waals surface area contributed by atoms with Crippen molar-refractivity contribution in [2.45, 2.75) is 12.1 Å². The van der Waals surface area contributed by atoms with Crippen LogP contribution < -0.4 is 5.32 Å². The van der Waals surface area contributed by atoms with E-state index in [0.29, 0.717) is 18.8 Å². The molecular weight excluding hydrogens is 329 g/mol. The molecule has 0 saturated carbocycles. The van der Waals surface area contributed by atoms with Crippen LogP contribution in [0.15, 0.2) is 11.4 Å². The van der Waals surface area contributed by atoms with Gasteiger partial charge in [0.15, 0.2) is 0 Å². The monoisotopic (exact) mass is 339 g/mol. The molecular formula is C9H10INO3S. The first kappa shape index (κ1) is 11.3. The summed E-state index contributed by atoms with van der Waals surface area (Å²) in [5.41, 5.74) is 0.642. The standard InChI is InChI=1S/C9H10INO3S/c10-8-1-5(4-15-8)9(13)11-6-2-14-3-7(6)12/h1,4,6-7,12H,2-3H2,(H,11,13)/t6-,7-/m1/s1. The molecule has 6 heteroatoms. The van der Waals surface area contributed by atoms with Crippen LogP contribution in [0.5, 0.6) is 0 Å². The second-order valence-corrected chi connectivity index (χ2v) is 6.13. The Morgan fingerprint density at radius 2 is 2.47 bits per heavy atom. The summed E-state index contributed by atoms with van der Waals surface area (Å²) >= 11 is 3.69.